The van der Waals surface area contributed by atoms with Crippen LogP contribution in [0.3, 0.4) is 0 Å². The van der Waals surface area contributed by atoms with Crippen molar-refractivity contribution in [1.82, 2.24) is 16.0 Å². The van der Waals surface area contributed by atoms with Gasteiger partial charge in [-0.2, -0.15) is 11.8 Å². The lowest BCUT2D eigenvalue weighted by Crippen LogP contribution is -2.57. The molecule has 0 aromatic heterocycles. The van der Waals surface area contributed by atoms with Crippen LogP contribution >= 0.6 is 11.8 Å². The van der Waals surface area contributed by atoms with Crippen molar-refractivity contribution in [2.45, 2.75) is 37.4 Å². The molecule has 4 amide bonds. The second-order valence-electron chi connectivity index (χ2n) is 7.33. The summed E-state index contributed by atoms with van der Waals surface area (Å²) in [5, 5.41) is 17.2. The van der Waals surface area contributed by atoms with Crippen molar-refractivity contribution >= 4 is 41.4 Å². The van der Waals surface area contributed by atoms with Gasteiger partial charge in [-0.15, -0.1) is 0 Å². The first kappa shape index (κ1) is 28.7. The standard InChI is InChI=1S/C21H33N7O5S/c1-34-11-9-15(27-18(31)13-6-3-2-4-7-13)19(32)28-16(12-29)20(33)26-14(17(22)30)8-5-10-25-21(23)24/h2-4,6-7,14-16,29H,5,8-12H2,1H3,(H2,22,30)(H,26,33)(H,27,31)(H,28,32)(H4,23,24,25). The molecule has 1 aromatic carbocycles. The molecule has 0 aliphatic carbocycles. The molecule has 0 aliphatic rings. The van der Waals surface area contributed by atoms with Crippen LogP contribution in [0.5, 0.6) is 0 Å². The molecule has 12 nitrogen and oxygen atoms in total. The maximum absolute atomic E-state index is 12.8. The highest BCUT2D eigenvalue weighted by atomic mass is 32.2. The number of carbonyl (C=O) groups is 4. The van der Waals surface area contributed by atoms with Gasteiger partial charge in [-0.25, -0.2) is 0 Å². The number of carbonyl (C=O) groups excluding carboxylic acids is 4. The fourth-order valence-electron chi connectivity index (χ4n) is 2.86. The van der Waals surface area contributed by atoms with E-state index in [-0.39, 0.29) is 18.9 Å². The lowest BCUT2D eigenvalue weighted by atomic mass is 10.1. The van der Waals surface area contributed by atoms with Crippen molar-refractivity contribution in [1.29, 1.82) is 0 Å². The zero-order valence-electron chi connectivity index (χ0n) is 19.0. The lowest BCUT2D eigenvalue weighted by Gasteiger charge is -2.23. The molecule has 34 heavy (non-hydrogen) atoms. The molecule has 0 fully saturated rings. The van der Waals surface area contributed by atoms with E-state index in [4.69, 9.17) is 17.2 Å². The van der Waals surface area contributed by atoms with Gasteiger partial charge >= 0.3 is 0 Å². The minimum absolute atomic E-state index is 0.0990. The molecule has 10 N–H and O–H groups in total. The van der Waals surface area contributed by atoms with Crippen LogP contribution in [0, 0.1) is 0 Å². The SMILES string of the molecule is CSCCC(NC(=O)c1ccccc1)C(=O)NC(CO)C(=O)NC(CCCN=C(N)N)C(N)=O. The zero-order valence-corrected chi connectivity index (χ0v) is 19.8. The summed E-state index contributed by atoms with van der Waals surface area (Å²) in [6.45, 7) is -0.487. The molecule has 0 spiro atoms. The normalized spacial score (nSPS) is 13.1. The van der Waals surface area contributed by atoms with Gasteiger partial charge in [0.2, 0.25) is 17.7 Å². The largest absolute Gasteiger partial charge is 0.394 e. The van der Waals surface area contributed by atoms with Crippen LogP contribution in [-0.2, 0) is 14.4 Å². The predicted octanol–water partition coefficient (Wildman–Crippen LogP) is -1.96. The van der Waals surface area contributed by atoms with E-state index in [2.05, 4.69) is 20.9 Å². The van der Waals surface area contributed by atoms with Crippen molar-refractivity contribution in [3.8, 4) is 0 Å². The summed E-state index contributed by atoms with van der Waals surface area (Å²) in [7, 11) is 0. The second-order valence-corrected chi connectivity index (χ2v) is 8.32. The lowest BCUT2D eigenvalue weighted by molar-refractivity contribution is -0.132. The highest BCUT2D eigenvalue weighted by Gasteiger charge is 2.28. The Morgan fingerprint density at radius 1 is 0.941 bits per heavy atom. The zero-order chi connectivity index (χ0) is 25.5. The van der Waals surface area contributed by atoms with Crippen molar-refractivity contribution in [2.75, 3.05) is 25.2 Å². The van der Waals surface area contributed by atoms with Crippen molar-refractivity contribution < 1.29 is 24.3 Å². The Balaban J connectivity index is 2.79. The van der Waals surface area contributed by atoms with Crippen LogP contribution in [0.15, 0.2) is 35.3 Å². The number of amides is 4. The third-order valence-electron chi connectivity index (χ3n) is 4.69. The summed E-state index contributed by atoms with van der Waals surface area (Å²) >= 11 is 1.49. The summed E-state index contributed by atoms with van der Waals surface area (Å²) in [6.07, 6.45) is 2.69. The number of guanidine groups is 1. The maximum atomic E-state index is 12.8. The molecule has 0 radical (unpaired) electrons. The molecule has 0 heterocycles. The van der Waals surface area contributed by atoms with Crippen LogP contribution < -0.4 is 33.2 Å². The summed E-state index contributed by atoms with van der Waals surface area (Å²) in [4.78, 5) is 53.4. The average Bonchev–Trinajstić information content (AvgIpc) is 2.81. The van der Waals surface area contributed by atoms with Crippen molar-refractivity contribution in [3.05, 3.63) is 35.9 Å². The Labute approximate surface area is 202 Å². The fraction of sp³-hybridized carbons (Fsp3) is 0.476. The van der Waals surface area contributed by atoms with Gasteiger partial charge in [0.05, 0.1) is 6.61 Å². The molecule has 1 rings (SSSR count). The van der Waals surface area contributed by atoms with Gasteiger partial charge in [0.15, 0.2) is 5.96 Å². The van der Waals surface area contributed by atoms with Gasteiger partial charge in [0.1, 0.15) is 18.1 Å². The highest BCUT2D eigenvalue weighted by molar-refractivity contribution is 7.98. The van der Waals surface area contributed by atoms with Gasteiger partial charge in [0.25, 0.3) is 5.91 Å². The van der Waals surface area contributed by atoms with Crippen LogP contribution in [0.2, 0.25) is 0 Å². The monoisotopic (exact) mass is 495 g/mol. The second kappa shape index (κ2) is 15.5. The van der Waals surface area contributed by atoms with Gasteiger partial charge in [-0.3, -0.25) is 24.2 Å². The Morgan fingerprint density at radius 2 is 1.56 bits per heavy atom. The Morgan fingerprint density at radius 3 is 2.12 bits per heavy atom. The minimum atomic E-state index is -1.35. The molecule has 0 aliphatic heterocycles. The van der Waals surface area contributed by atoms with Gasteiger partial charge in [-0.1, -0.05) is 18.2 Å². The van der Waals surface area contributed by atoms with E-state index in [1.165, 1.54) is 11.8 Å². The number of aliphatic hydroxyl groups is 1. The molecule has 3 atom stereocenters. The van der Waals surface area contributed by atoms with E-state index in [1.54, 1.807) is 30.3 Å². The van der Waals surface area contributed by atoms with E-state index in [1.807, 2.05) is 6.26 Å². The number of hydrogen-bond donors (Lipinski definition) is 7. The highest BCUT2D eigenvalue weighted by Crippen LogP contribution is 2.05. The number of thioether (sulfide) groups is 1. The average molecular weight is 496 g/mol. The number of benzene rings is 1. The Hall–Kier alpha value is -3.32. The molecule has 3 unspecified atom stereocenters. The van der Waals surface area contributed by atoms with Crippen LogP contribution in [0.25, 0.3) is 0 Å². The number of nitrogens with zero attached hydrogens (tertiary/aromatic N) is 1. The van der Waals surface area contributed by atoms with Crippen LogP contribution in [0.1, 0.15) is 29.6 Å². The molecule has 0 bridgehead atoms. The maximum Gasteiger partial charge on any atom is 0.251 e. The third-order valence-corrected chi connectivity index (χ3v) is 5.33. The van der Waals surface area contributed by atoms with Crippen LogP contribution in [0.4, 0.5) is 0 Å². The van der Waals surface area contributed by atoms with E-state index >= 15 is 0 Å². The van der Waals surface area contributed by atoms with E-state index in [9.17, 15) is 24.3 Å². The Kier molecular flexibility index (Phi) is 13.1. The Bertz CT molecular complexity index is 849. The molecular weight excluding hydrogens is 462 g/mol. The summed E-state index contributed by atoms with van der Waals surface area (Å²) in [5.41, 5.74) is 16.2. The molecule has 13 heteroatoms. The van der Waals surface area contributed by atoms with E-state index in [0.29, 0.717) is 24.2 Å². The first-order valence-electron chi connectivity index (χ1n) is 10.6. The first-order chi connectivity index (χ1) is 16.2. The summed E-state index contributed by atoms with van der Waals surface area (Å²) in [6, 6.07) is 5.05. The molecule has 188 valence electrons. The van der Waals surface area contributed by atoms with Gasteiger partial charge in [0, 0.05) is 12.1 Å². The number of primary amides is 1. The van der Waals surface area contributed by atoms with Gasteiger partial charge < -0.3 is 38.3 Å². The summed E-state index contributed by atoms with van der Waals surface area (Å²) < 4.78 is 0. The number of aliphatic hydroxyl groups excluding tert-OH is 1. The number of nitrogens with one attached hydrogen (secondary N) is 3. The molecular formula is C21H33N7O5S. The molecule has 0 saturated heterocycles. The topological polar surface area (TPSA) is 215 Å². The first-order valence-corrected chi connectivity index (χ1v) is 12.0. The third kappa shape index (κ3) is 10.5. The fourth-order valence-corrected chi connectivity index (χ4v) is 3.33. The number of rotatable bonds is 15. The number of aliphatic imine (C=N–C) groups is 1. The van der Waals surface area contributed by atoms with E-state index in [0.717, 1.165) is 0 Å². The van der Waals surface area contributed by atoms with Crippen LogP contribution in [-0.4, -0.2) is 78.0 Å². The van der Waals surface area contributed by atoms with Gasteiger partial charge in [-0.05, 0) is 43.4 Å². The predicted molar refractivity (Wildman–Crippen MR) is 131 cm³/mol. The van der Waals surface area contributed by atoms with E-state index < -0.39 is 48.4 Å². The molecule has 1 aromatic rings. The molecule has 0 saturated carbocycles. The number of nitrogens with two attached hydrogens (primary N) is 3. The minimum Gasteiger partial charge on any atom is -0.394 e. The quantitative estimate of drug-likeness (QED) is 0.0821. The smallest absolute Gasteiger partial charge is 0.251 e. The van der Waals surface area contributed by atoms with Crippen molar-refractivity contribution in [2.24, 2.45) is 22.2 Å². The number of hydrogen-bond acceptors (Lipinski definition) is 7. The van der Waals surface area contributed by atoms with Crippen molar-refractivity contribution in [3.63, 3.8) is 0 Å². The summed E-state index contributed by atoms with van der Waals surface area (Å²) in [5.74, 6) is -2.19.